The van der Waals surface area contributed by atoms with Gasteiger partial charge in [-0.2, -0.15) is 5.10 Å². The SMILES string of the molecule is COC(=O)c1ccc(CNC(=O)c2cnn(-c3ccccc3)c2)cn1. The zero-order valence-corrected chi connectivity index (χ0v) is 13.5. The minimum atomic E-state index is -0.496. The smallest absolute Gasteiger partial charge is 0.356 e. The molecule has 1 N–H and O–H groups in total. The van der Waals surface area contributed by atoms with Crippen LogP contribution in [0.5, 0.6) is 0 Å². The summed E-state index contributed by atoms with van der Waals surface area (Å²) in [5.74, 6) is -0.733. The third kappa shape index (κ3) is 3.89. The lowest BCUT2D eigenvalue weighted by Crippen LogP contribution is -2.22. The minimum Gasteiger partial charge on any atom is -0.464 e. The summed E-state index contributed by atoms with van der Waals surface area (Å²) in [6, 6.07) is 12.8. The van der Waals surface area contributed by atoms with E-state index in [2.05, 4.69) is 20.1 Å². The van der Waals surface area contributed by atoms with E-state index in [1.165, 1.54) is 19.5 Å². The summed E-state index contributed by atoms with van der Waals surface area (Å²) < 4.78 is 6.23. The van der Waals surface area contributed by atoms with E-state index in [-0.39, 0.29) is 11.6 Å². The number of para-hydroxylation sites is 1. The molecule has 0 unspecified atom stereocenters. The molecule has 2 heterocycles. The van der Waals surface area contributed by atoms with Gasteiger partial charge < -0.3 is 10.1 Å². The van der Waals surface area contributed by atoms with Crippen LogP contribution in [-0.2, 0) is 11.3 Å². The number of hydrogen-bond donors (Lipinski definition) is 1. The van der Waals surface area contributed by atoms with Crippen molar-refractivity contribution in [2.24, 2.45) is 0 Å². The predicted molar refractivity (Wildman–Crippen MR) is 90.3 cm³/mol. The zero-order chi connectivity index (χ0) is 17.6. The Balaban J connectivity index is 1.61. The molecule has 0 saturated heterocycles. The summed E-state index contributed by atoms with van der Waals surface area (Å²) in [6.07, 6.45) is 4.71. The van der Waals surface area contributed by atoms with Gasteiger partial charge in [0.2, 0.25) is 0 Å². The molecule has 0 saturated carbocycles. The summed E-state index contributed by atoms with van der Waals surface area (Å²) in [5, 5.41) is 6.99. The lowest BCUT2D eigenvalue weighted by Gasteiger charge is -2.04. The topological polar surface area (TPSA) is 86.1 Å². The third-order valence-corrected chi connectivity index (χ3v) is 3.54. The molecule has 0 aliphatic rings. The number of carbonyl (C=O) groups is 2. The van der Waals surface area contributed by atoms with Crippen molar-refractivity contribution in [3.63, 3.8) is 0 Å². The van der Waals surface area contributed by atoms with Gasteiger partial charge in [0.15, 0.2) is 0 Å². The van der Waals surface area contributed by atoms with Crippen LogP contribution >= 0.6 is 0 Å². The molecule has 0 aliphatic carbocycles. The van der Waals surface area contributed by atoms with Crippen LogP contribution in [0, 0.1) is 0 Å². The highest BCUT2D eigenvalue weighted by Gasteiger charge is 2.10. The monoisotopic (exact) mass is 336 g/mol. The second-order valence-corrected chi connectivity index (χ2v) is 5.24. The van der Waals surface area contributed by atoms with Gasteiger partial charge in [0, 0.05) is 18.9 Å². The van der Waals surface area contributed by atoms with E-state index in [1.54, 1.807) is 23.0 Å². The molecule has 126 valence electrons. The number of methoxy groups -OCH3 is 1. The molecule has 1 amide bonds. The molecule has 3 aromatic rings. The largest absolute Gasteiger partial charge is 0.464 e. The normalized spacial score (nSPS) is 10.3. The Hall–Kier alpha value is -3.48. The minimum absolute atomic E-state index is 0.224. The zero-order valence-electron chi connectivity index (χ0n) is 13.5. The Labute approximate surface area is 144 Å². The standard InChI is InChI=1S/C18H16N4O3/c1-25-18(24)16-8-7-13(9-19-16)10-20-17(23)14-11-21-22(12-14)15-5-3-2-4-6-15/h2-9,11-12H,10H2,1H3,(H,20,23). The Morgan fingerprint density at radius 1 is 1.12 bits per heavy atom. The molecule has 7 nitrogen and oxygen atoms in total. The van der Waals surface area contributed by atoms with E-state index in [9.17, 15) is 9.59 Å². The van der Waals surface area contributed by atoms with Crippen LogP contribution in [0.4, 0.5) is 0 Å². The van der Waals surface area contributed by atoms with Crippen molar-refractivity contribution in [2.45, 2.75) is 6.54 Å². The fourth-order valence-corrected chi connectivity index (χ4v) is 2.20. The Kier molecular flexibility index (Phi) is 4.84. The predicted octanol–water partition coefficient (Wildman–Crippen LogP) is 1.98. The lowest BCUT2D eigenvalue weighted by molar-refractivity contribution is 0.0593. The van der Waals surface area contributed by atoms with Crippen LogP contribution in [0.2, 0.25) is 0 Å². The van der Waals surface area contributed by atoms with Crippen molar-refractivity contribution in [1.29, 1.82) is 0 Å². The number of amides is 1. The number of benzene rings is 1. The van der Waals surface area contributed by atoms with Crippen LogP contribution < -0.4 is 5.32 Å². The maximum absolute atomic E-state index is 12.2. The fourth-order valence-electron chi connectivity index (χ4n) is 2.20. The van der Waals surface area contributed by atoms with Crippen LogP contribution in [0.25, 0.3) is 5.69 Å². The Bertz CT molecular complexity index is 873. The van der Waals surface area contributed by atoms with E-state index < -0.39 is 5.97 Å². The first-order valence-electron chi connectivity index (χ1n) is 7.59. The first-order valence-corrected chi connectivity index (χ1v) is 7.59. The van der Waals surface area contributed by atoms with E-state index in [1.807, 2.05) is 30.3 Å². The van der Waals surface area contributed by atoms with Gasteiger partial charge in [-0.05, 0) is 23.8 Å². The van der Waals surface area contributed by atoms with Crippen LogP contribution in [0.1, 0.15) is 26.4 Å². The first-order chi connectivity index (χ1) is 12.2. The van der Waals surface area contributed by atoms with E-state index in [0.29, 0.717) is 12.1 Å². The summed E-state index contributed by atoms with van der Waals surface area (Å²) in [4.78, 5) is 27.6. The highest BCUT2D eigenvalue weighted by Crippen LogP contribution is 2.08. The van der Waals surface area contributed by atoms with Crippen LogP contribution in [0.15, 0.2) is 61.1 Å². The molecule has 1 aromatic carbocycles. The van der Waals surface area contributed by atoms with Crippen LogP contribution in [0.3, 0.4) is 0 Å². The molecule has 0 aliphatic heterocycles. The molecule has 0 bridgehead atoms. The second-order valence-electron chi connectivity index (χ2n) is 5.24. The molecule has 3 rings (SSSR count). The number of ether oxygens (including phenoxy) is 1. The maximum atomic E-state index is 12.2. The number of nitrogens with one attached hydrogen (secondary N) is 1. The number of esters is 1. The van der Waals surface area contributed by atoms with Crippen molar-refractivity contribution in [1.82, 2.24) is 20.1 Å². The highest BCUT2D eigenvalue weighted by atomic mass is 16.5. The average Bonchev–Trinajstić information content (AvgIpc) is 3.17. The van der Waals surface area contributed by atoms with Gasteiger partial charge in [0.05, 0.1) is 24.6 Å². The molecule has 0 spiro atoms. The van der Waals surface area contributed by atoms with Crippen molar-refractivity contribution in [2.75, 3.05) is 7.11 Å². The summed E-state index contributed by atoms with van der Waals surface area (Å²) in [5.41, 5.74) is 2.34. The molecular weight excluding hydrogens is 320 g/mol. The van der Waals surface area contributed by atoms with Gasteiger partial charge in [-0.15, -0.1) is 0 Å². The van der Waals surface area contributed by atoms with Gasteiger partial charge >= 0.3 is 5.97 Å². The highest BCUT2D eigenvalue weighted by molar-refractivity contribution is 5.93. The first kappa shape index (κ1) is 16.4. The number of rotatable bonds is 5. The lowest BCUT2D eigenvalue weighted by atomic mass is 10.2. The van der Waals surface area contributed by atoms with Crippen molar-refractivity contribution >= 4 is 11.9 Å². The summed E-state index contributed by atoms with van der Waals surface area (Å²) in [7, 11) is 1.30. The molecule has 0 atom stereocenters. The molecular formula is C18H16N4O3. The summed E-state index contributed by atoms with van der Waals surface area (Å²) >= 11 is 0. The molecule has 0 radical (unpaired) electrons. The molecule has 7 heteroatoms. The number of nitrogens with zero attached hydrogens (tertiary/aromatic N) is 3. The van der Waals surface area contributed by atoms with Crippen LogP contribution in [-0.4, -0.2) is 33.8 Å². The van der Waals surface area contributed by atoms with E-state index in [4.69, 9.17) is 0 Å². The number of hydrogen-bond acceptors (Lipinski definition) is 5. The summed E-state index contributed by atoms with van der Waals surface area (Å²) in [6.45, 7) is 0.295. The van der Waals surface area contributed by atoms with Crippen molar-refractivity contribution in [3.8, 4) is 5.69 Å². The Morgan fingerprint density at radius 3 is 2.60 bits per heavy atom. The van der Waals surface area contributed by atoms with Gasteiger partial charge in [-0.25, -0.2) is 14.5 Å². The average molecular weight is 336 g/mol. The number of pyridine rings is 1. The fraction of sp³-hybridized carbons (Fsp3) is 0.111. The van der Waals surface area contributed by atoms with Crippen molar-refractivity contribution < 1.29 is 14.3 Å². The number of carbonyl (C=O) groups excluding carboxylic acids is 2. The maximum Gasteiger partial charge on any atom is 0.356 e. The quantitative estimate of drug-likeness (QED) is 0.720. The van der Waals surface area contributed by atoms with Gasteiger partial charge in [0.1, 0.15) is 5.69 Å². The third-order valence-electron chi connectivity index (χ3n) is 3.54. The second kappa shape index (κ2) is 7.39. The molecule has 25 heavy (non-hydrogen) atoms. The number of aromatic nitrogens is 3. The van der Waals surface area contributed by atoms with Gasteiger partial charge in [-0.3, -0.25) is 4.79 Å². The van der Waals surface area contributed by atoms with E-state index in [0.717, 1.165) is 11.3 Å². The van der Waals surface area contributed by atoms with E-state index >= 15 is 0 Å². The van der Waals surface area contributed by atoms with Gasteiger partial charge in [0.25, 0.3) is 5.91 Å². The molecule has 0 fully saturated rings. The molecule has 2 aromatic heterocycles. The van der Waals surface area contributed by atoms with Crippen molar-refractivity contribution in [3.05, 3.63) is 77.9 Å². The Morgan fingerprint density at radius 2 is 1.92 bits per heavy atom. The van der Waals surface area contributed by atoms with Gasteiger partial charge in [-0.1, -0.05) is 24.3 Å².